The second-order valence-corrected chi connectivity index (χ2v) is 5.93. The molecule has 0 radical (unpaired) electrons. The van der Waals surface area contributed by atoms with E-state index in [1.165, 1.54) is 12.8 Å². The Labute approximate surface area is 113 Å². The molecule has 0 aromatic carbocycles. The molecule has 2 fully saturated rings. The lowest BCUT2D eigenvalue weighted by Gasteiger charge is -2.21. The van der Waals surface area contributed by atoms with Crippen LogP contribution >= 0.6 is 0 Å². The van der Waals surface area contributed by atoms with Gasteiger partial charge in [-0.1, -0.05) is 0 Å². The van der Waals surface area contributed by atoms with Crippen LogP contribution in [0.5, 0.6) is 0 Å². The highest BCUT2D eigenvalue weighted by atomic mass is 16.3. The van der Waals surface area contributed by atoms with E-state index in [1.54, 1.807) is 0 Å². The van der Waals surface area contributed by atoms with Crippen molar-refractivity contribution in [2.75, 3.05) is 23.7 Å². The number of nitrogen functional groups attached to an aromatic ring is 1. The van der Waals surface area contributed by atoms with Crippen LogP contribution in [0.4, 0.5) is 11.6 Å². The first-order chi connectivity index (χ1) is 9.06. The van der Waals surface area contributed by atoms with Gasteiger partial charge in [-0.05, 0) is 33.1 Å². The molecule has 3 N–H and O–H groups in total. The summed E-state index contributed by atoms with van der Waals surface area (Å²) >= 11 is 0. The van der Waals surface area contributed by atoms with E-state index < -0.39 is 0 Å². The van der Waals surface area contributed by atoms with Crippen molar-refractivity contribution in [1.82, 2.24) is 9.97 Å². The normalized spacial score (nSPS) is 24.8. The third-order valence-corrected chi connectivity index (χ3v) is 4.32. The summed E-state index contributed by atoms with van der Waals surface area (Å²) in [6.45, 7) is 5.65. The number of rotatable bonds is 3. The van der Waals surface area contributed by atoms with E-state index in [2.05, 4.69) is 9.88 Å². The van der Waals surface area contributed by atoms with Crippen LogP contribution in [0.25, 0.3) is 0 Å². The molecule has 19 heavy (non-hydrogen) atoms. The maximum Gasteiger partial charge on any atom is 0.137 e. The molecule has 1 aromatic rings. The molecular formula is C14H22N4O. The van der Waals surface area contributed by atoms with E-state index in [1.807, 2.05) is 13.8 Å². The Hall–Kier alpha value is -1.36. The SMILES string of the molecule is Cc1c(N)nc(C2CC2)nc1N1CCC(C(C)O)C1. The monoisotopic (exact) mass is 262 g/mol. The van der Waals surface area contributed by atoms with E-state index in [9.17, 15) is 5.11 Å². The fourth-order valence-corrected chi connectivity index (χ4v) is 2.74. The van der Waals surface area contributed by atoms with Gasteiger partial charge in [-0.3, -0.25) is 0 Å². The minimum Gasteiger partial charge on any atom is -0.393 e. The zero-order valence-electron chi connectivity index (χ0n) is 11.6. The lowest BCUT2D eigenvalue weighted by atomic mass is 10.0. The molecular weight excluding hydrogens is 240 g/mol. The summed E-state index contributed by atoms with van der Waals surface area (Å²) in [4.78, 5) is 11.4. The first-order valence-corrected chi connectivity index (χ1v) is 7.13. The molecule has 2 heterocycles. The van der Waals surface area contributed by atoms with Gasteiger partial charge < -0.3 is 15.7 Å². The minimum atomic E-state index is -0.257. The summed E-state index contributed by atoms with van der Waals surface area (Å²) in [5.74, 6) is 3.32. The topological polar surface area (TPSA) is 75.3 Å². The Balaban J connectivity index is 1.87. The van der Waals surface area contributed by atoms with Crippen LogP contribution in [0.15, 0.2) is 0 Å². The number of aliphatic hydroxyl groups is 1. The molecule has 0 bridgehead atoms. The summed E-state index contributed by atoms with van der Waals surface area (Å²) in [5, 5.41) is 9.71. The molecule has 0 amide bonds. The molecule has 2 aliphatic rings. The smallest absolute Gasteiger partial charge is 0.137 e. The maximum absolute atomic E-state index is 9.71. The van der Waals surface area contributed by atoms with Crippen molar-refractivity contribution < 1.29 is 5.11 Å². The van der Waals surface area contributed by atoms with Gasteiger partial charge in [0, 0.05) is 30.5 Å². The summed E-state index contributed by atoms with van der Waals surface area (Å²) in [5.41, 5.74) is 6.99. The van der Waals surface area contributed by atoms with Gasteiger partial charge in [0.05, 0.1) is 6.10 Å². The number of aromatic nitrogens is 2. The molecule has 3 rings (SSSR count). The van der Waals surface area contributed by atoms with Gasteiger partial charge in [0.15, 0.2) is 0 Å². The van der Waals surface area contributed by atoms with Gasteiger partial charge >= 0.3 is 0 Å². The first kappa shape index (κ1) is 12.7. The lowest BCUT2D eigenvalue weighted by molar-refractivity contribution is 0.136. The zero-order chi connectivity index (χ0) is 13.6. The van der Waals surface area contributed by atoms with Crippen molar-refractivity contribution in [3.8, 4) is 0 Å². The van der Waals surface area contributed by atoms with Gasteiger partial charge in [-0.25, -0.2) is 9.97 Å². The molecule has 1 aliphatic heterocycles. The van der Waals surface area contributed by atoms with Crippen LogP contribution in [-0.4, -0.2) is 34.3 Å². The maximum atomic E-state index is 9.71. The van der Waals surface area contributed by atoms with Crippen molar-refractivity contribution in [2.24, 2.45) is 5.92 Å². The van der Waals surface area contributed by atoms with Crippen molar-refractivity contribution in [3.63, 3.8) is 0 Å². The Bertz CT molecular complexity index is 485. The van der Waals surface area contributed by atoms with E-state index in [0.717, 1.165) is 36.7 Å². The summed E-state index contributed by atoms with van der Waals surface area (Å²) in [6.07, 6.45) is 3.11. The minimum absolute atomic E-state index is 0.257. The lowest BCUT2D eigenvalue weighted by Crippen LogP contribution is -2.26. The van der Waals surface area contributed by atoms with Gasteiger partial charge in [0.2, 0.25) is 0 Å². The number of anilines is 2. The first-order valence-electron chi connectivity index (χ1n) is 7.13. The van der Waals surface area contributed by atoms with E-state index >= 15 is 0 Å². The quantitative estimate of drug-likeness (QED) is 0.862. The molecule has 0 spiro atoms. The molecule has 1 aromatic heterocycles. The highest BCUT2D eigenvalue weighted by Gasteiger charge is 2.31. The fourth-order valence-electron chi connectivity index (χ4n) is 2.74. The van der Waals surface area contributed by atoms with Gasteiger partial charge in [-0.15, -0.1) is 0 Å². The van der Waals surface area contributed by atoms with Crippen LogP contribution in [0, 0.1) is 12.8 Å². The summed E-state index contributed by atoms with van der Waals surface area (Å²) in [6, 6.07) is 0. The van der Waals surface area contributed by atoms with Gasteiger partial charge in [0.1, 0.15) is 17.5 Å². The zero-order valence-corrected chi connectivity index (χ0v) is 11.6. The Morgan fingerprint density at radius 1 is 1.32 bits per heavy atom. The Kier molecular flexibility index (Phi) is 3.09. The van der Waals surface area contributed by atoms with Crippen LogP contribution in [0.2, 0.25) is 0 Å². The number of nitrogens with two attached hydrogens (primary N) is 1. The standard InChI is InChI=1S/C14H22N4O/c1-8-12(15)16-13(10-3-4-10)17-14(8)18-6-5-11(7-18)9(2)19/h9-11,19H,3-7H2,1-2H3,(H2,15,16,17). The van der Waals surface area contributed by atoms with Crippen molar-refractivity contribution >= 4 is 11.6 Å². The number of hydrogen-bond donors (Lipinski definition) is 2. The van der Waals surface area contributed by atoms with Gasteiger partial charge in [0.25, 0.3) is 0 Å². The molecule has 1 aliphatic carbocycles. The van der Waals surface area contributed by atoms with E-state index in [0.29, 0.717) is 17.7 Å². The average molecular weight is 262 g/mol. The average Bonchev–Trinajstić information content (AvgIpc) is 3.09. The van der Waals surface area contributed by atoms with Crippen LogP contribution < -0.4 is 10.6 Å². The highest BCUT2D eigenvalue weighted by Crippen LogP contribution is 2.40. The van der Waals surface area contributed by atoms with E-state index in [4.69, 9.17) is 10.7 Å². The second-order valence-electron chi connectivity index (χ2n) is 5.93. The van der Waals surface area contributed by atoms with Gasteiger partial charge in [-0.2, -0.15) is 0 Å². The van der Waals surface area contributed by atoms with Crippen molar-refractivity contribution in [1.29, 1.82) is 0 Å². The fraction of sp³-hybridized carbons (Fsp3) is 0.714. The molecule has 1 saturated heterocycles. The largest absolute Gasteiger partial charge is 0.393 e. The molecule has 1 saturated carbocycles. The highest BCUT2D eigenvalue weighted by molar-refractivity contribution is 5.57. The Morgan fingerprint density at radius 2 is 2.05 bits per heavy atom. The molecule has 104 valence electrons. The molecule has 2 atom stereocenters. The van der Waals surface area contributed by atoms with Crippen LogP contribution in [0.3, 0.4) is 0 Å². The third-order valence-electron chi connectivity index (χ3n) is 4.32. The van der Waals surface area contributed by atoms with Crippen LogP contribution in [-0.2, 0) is 0 Å². The summed E-state index contributed by atoms with van der Waals surface area (Å²) < 4.78 is 0. The van der Waals surface area contributed by atoms with Crippen LogP contribution in [0.1, 0.15) is 43.5 Å². The molecule has 5 nitrogen and oxygen atoms in total. The number of nitrogens with zero attached hydrogens (tertiary/aromatic N) is 3. The van der Waals surface area contributed by atoms with E-state index in [-0.39, 0.29) is 6.10 Å². The van der Waals surface area contributed by atoms with Crippen molar-refractivity contribution in [2.45, 2.75) is 45.1 Å². The number of hydrogen-bond acceptors (Lipinski definition) is 5. The predicted octanol–water partition coefficient (Wildman–Crippen LogP) is 1.45. The number of aliphatic hydroxyl groups excluding tert-OH is 1. The predicted molar refractivity (Wildman–Crippen MR) is 75.2 cm³/mol. The third kappa shape index (κ3) is 2.39. The molecule has 2 unspecified atom stereocenters. The molecule has 5 heteroatoms. The Morgan fingerprint density at radius 3 is 2.63 bits per heavy atom. The second kappa shape index (κ2) is 4.63. The summed E-state index contributed by atoms with van der Waals surface area (Å²) in [7, 11) is 0. The van der Waals surface area contributed by atoms with Crippen molar-refractivity contribution in [3.05, 3.63) is 11.4 Å².